The molecule has 1 aliphatic rings. The van der Waals surface area contributed by atoms with E-state index in [1.165, 1.54) is 5.56 Å². The number of likely N-dealkylation sites (tertiary alicyclic amines) is 1. The second kappa shape index (κ2) is 6.06. The highest BCUT2D eigenvalue weighted by atomic mass is 79.9. The van der Waals surface area contributed by atoms with Crippen LogP contribution in [0.15, 0.2) is 28.7 Å². The van der Waals surface area contributed by atoms with Gasteiger partial charge < -0.3 is 5.11 Å². The molecule has 4 heteroatoms. The molecule has 1 heterocycles. The predicted molar refractivity (Wildman–Crippen MR) is 79.1 cm³/mol. The molecule has 3 nitrogen and oxygen atoms in total. The molecule has 0 spiro atoms. The third-order valence-electron chi connectivity index (χ3n) is 4.01. The molecule has 3 unspecified atom stereocenters. The molecule has 1 aliphatic heterocycles. The number of benzene rings is 1. The summed E-state index contributed by atoms with van der Waals surface area (Å²) in [6.07, 6.45) is 1.88. The van der Waals surface area contributed by atoms with Crippen molar-refractivity contribution in [3.63, 3.8) is 0 Å². The SMILES string of the molecule is CCC(c1cccc(Br)c1)N1CCC(C)C1C(=O)O. The highest BCUT2D eigenvalue weighted by Crippen LogP contribution is 2.35. The number of carboxylic acid groups (broad SMARTS) is 1. The summed E-state index contributed by atoms with van der Waals surface area (Å²) in [4.78, 5) is 13.6. The van der Waals surface area contributed by atoms with Crippen molar-refractivity contribution < 1.29 is 9.90 Å². The van der Waals surface area contributed by atoms with Crippen LogP contribution < -0.4 is 0 Å². The summed E-state index contributed by atoms with van der Waals surface area (Å²) in [6, 6.07) is 8.01. The Kier molecular flexibility index (Phi) is 4.63. The lowest BCUT2D eigenvalue weighted by Crippen LogP contribution is -2.41. The summed E-state index contributed by atoms with van der Waals surface area (Å²) in [6.45, 7) is 5.02. The average molecular weight is 326 g/mol. The maximum Gasteiger partial charge on any atom is 0.321 e. The van der Waals surface area contributed by atoms with Gasteiger partial charge in [-0.15, -0.1) is 0 Å². The van der Waals surface area contributed by atoms with Crippen molar-refractivity contribution in [3.8, 4) is 0 Å². The Morgan fingerprint density at radius 2 is 2.32 bits per heavy atom. The Morgan fingerprint density at radius 1 is 1.58 bits per heavy atom. The molecule has 104 valence electrons. The Labute approximate surface area is 122 Å². The van der Waals surface area contributed by atoms with E-state index >= 15 is 0 Å². The van der Waals surface area contributed by atoms with Crippen LogP contribution in [0.25, 0.3) is 0 Å². The Bertz CT molecular complexity index is 463. The highest BCUT2D eigenvalue weighted by Gasteiger charge is 2.40. The van der Waals surface area contributed by atoms with Crippen LogP contribution in [-0.2, 0) is 4.79 Å². The smallest absolute Gasteiger partial charge is 0.321 e. The molecule has 1 fully saturated rings. The molecule has 0 aliphatic carbocycles. The van der Waals surface area contributed by atoms with Crippen LogP contribution in [-0.4, -0.2) is 28.6 Å². The van der Waals surface area contributed by atoms with E-state index in [9.17, 15) is 9.90 Å². The molecule has 1 saturated heterocycles. The van der Waals surface area contributed by atoms with Gasteiger partial charge in [-0.3, -0.25) is 9.69 Å². The van der Waals surface area contributed by atoms with Gasteiger partial charge in [0.2, 0.25) is 0 Å². The van der Waals surface area contributed by atoms with Crippen molar-refractivity contribution in [2.75, 3.05) is 6.54 Å². The normalized spacial score (nSPS) is 25.4. The van der Waals surface area contributed by atoms with E-state index in [0.717, 1.165) is 23.9 Å². The number of hydrogen-bond donors (Lipinski definition) is 1. The molecule has 0 aromatic heterocycles. The van der Waals surface area contributed by atoms with Gasteiger partial charge in [-0.05, 0) is 43.0 Å². The van der Waals surface area contributed by atoms with Crippen LogP contribution in [0.2, 0.25) is 0 Å². The molecule has 1 aromatic rings. The summed E-state index contributed by atoms with van der Waals surface area (Å²) >= 11 is 3.49. The molecule has 0 radical (unpaired) electrons. The summed E-state index contributed by atoms with van der Waals surface area (Å²) in [5, 5.41) is 9.45. The topological polar surface area (TPSA) is 40.5 Å². The lowest BCUT2D eigenvalue weighted by atomic mass is 9.99. The van der Waals surface area contributed by atoms with E-state index in [4.69, 9.17) is 0 Å². The van der Waals surface area contributed by atoms with Crippen molar-refractivity contribution in [3.05, 3.63) is 34.3 Å². The highest BCUT2D eigenvalue weighted by molar-refractivity contribution is 9.10. The van der Waals surface area contributed by atoms with Gasteiger partial charge in [-0.1, -0.05) is 41.9 Å². The first-order valence-electron chi connectivity index (χ1n) is 6.78. The zero-order chi connectivity index (χ0) is 14.0. The molecule has 0 saturated carbocycles. The van der Waals surface area contributed by atoms with Gasteiger partial charge in [0.05, 0.1) is 0 Å². The molecule has 1 N–H and O–H groups in total. The average Bonchev–Trinajstić information content (AvgIpc) is 2.72. The van der Waals surface area contributed by atoms with Crippen LogP contribution in [0.5, 0.6) is 0 Å². The maximum atomic E-state index is 11.5. The van der Waals surface area contributed by atoms with Gasteiger partial charge in [0, 0.05) is 10.5 Å². The van der Waals surface area contributed by atoms with Crippen LogP contribution in [0.1, 0.15) is 38.3 Å². The first-order valence-corrected chi connectivity index (χ1v) is 7.58. The molecule has 0 bridgehead atoms. The summed E-state index contributed by atoms with van der Waals surface area (Å²) < 4.78 is 1.04. The van der Waals surface area contributed by atoms with Gasteiger partial charge in [0.1, 0.15) is 6.04 Å². The molecule has 3 atom stereocenters. The molecule has 2 rings (SSSR count). The largest absolute Gasteiger partial charge is 0.480 e. The lowest BCUT2D eigenvalue weighted by molar-refractivity contribution is -0.144. The van der Waals surface area contributed by atoms with Crippen LogP contribution in [0.3, 0.4) is 0 Å². The monoisotopic (exact) mass is 325 g/mol. The zero-order valence-electron chi connectivity index (χ0n) is 11.3. The van der Waals surface area contributed by atoms with E-state index in [1.54, 1.807) is 0 Å². The summed E-state index contributed by atoms with van der Waals surface area (Å²) in [5.41, 5.74) is 1.19. The minimum Gasteiger partial charge on any atom is -0.480 e. The molecule has 0 amide bonds. The fourth-order valence-corrected chi connectivity index (χ4v) is 3.50. The Balaban J connectivity index is 2.29. The third-order valence-corrected chi connectivity index (χ3v) is 4.51. The van der Waals surface area contributed by atoms with E-state index in [0.29, 0.717) is 0 Å². The molecular weight excluding hydrogens is 306 g/mol. The first kappa shape index (κ1) is 14.5. The minimum absolute atomic E-state index is 0.184. The zero-order valence-corrected chi connectivity index (χ0v) is 12.9. The van der Waals surface area contributed by atoms with E-state index < -0.39 is 5.97 Å². The van der Waals surface area contributed by atoms with Crippen LogP contribution >= 0.6 is 15.9 Å². The second-order valence-electron chi connectivity index (χ2n) is 5.27. The van der Waals surface area contributed by atoms with Crippen LogP contribution in [0.4, 0.5) is 0 Å². The second-order valence-corrected chi connectivity index (χ2v) is 6.18. The van der Waals surface area contributed by atoms with Gasteiger partial charge >= 0.3 is 5.97 Å². The van der Waals surface area contributed by atoms with Crippen molar-refractivity contribution >= 4 is 21.9 Å². The predicted octanol–water partition coefficient (Wildman–Crippen LogP) is 3.70. The van der Waals surface area contributed by atoms with Gasteiger partial charge in [-0.25, -0.2) is 0 Å². The third kappa shape index (κ3) is 3.00. The van der Waals surface area contributed by atoms with Gasteiger partial charge in [0.15, 0.2) is 0 Å². The van der Waals surface area contributed by atoms with Gasteiger partial charge in [-0.2, -0.15) is 0 Å². The number of halogens is 1. The number of hydrogen-bond acceptors (Lipinski definition) is 2. The summed E-state index contributed by atoms with van der Waals surface area (Å²) in [7, 11) is 0. The van der Waals surface area contributed by atoms with E-state index in [-0.39, 0.29) is 18.0 Å². The van der Waals surface area contributed by atoms with Crippen LogP contribution in [0, 0.1) is 5.92 Å². The van der Waals surface area contributed by atoms with Crippen molar-refractivity contribution in [2.45, 2.75) is 38.8 Å². The van der Waals surface area contributed by atoms with Crippen molar-refractivity contribution in [1.29, 1.82) is 0 Å². The quantitative estimate of drug-likeness (QED) is 0.917. The molecular formula is C15H20BrNO2. The molecule has 1 aromatic carbocycles. The maximum absolute atomic E-state index is 11.5. The van der Waals surface area contributed by atoms with E-state index in [2.05, 4.69) is 39.9 Å². The number of nitrogens with zero attached hydrogens (tertiary/aromatic N) is 1. The minimum atomic E-state index is -0.696. The summed E-state index contributed by atoms with van der Waals surface area (Å²) in [5.74, 6) is -0.475. The van der Waals surface area contributed by atoms with Crippen molar-refractivity contribution in [2.24, 2.45) is 5.92 Å². The molecule has 19 heavy (non-hydrogen) atoms. The van der Waals surface area contributed by atoms with Gasteiger partial charge in [0.25, 0.3) is 0 Å². The standard InChI is InChI=1S/C15H20BrNO2/c1-3-13(11-5-4-6-12(16)9-11)17-8-7-10(2)14(17)15(18)19/h4-6,9-10,13-14H,3,7-8H2,1-2H3,(H,18,19). The van der Waals surface area contributed by atoms with Crippen molar-refractivity contribution in [1.82, 2.24) is 4.90 Å². The number of aliphatic carboxylic acids is 1. The fraction of sp³-hybridized carbons (Fsp3) is 0.533. The van der Waals surface area contributed by atoms with E-state index in [1.807, 2.05) is 19.1 Å². The number of rotatable bonds is 4. The fourth-order valence-electron chi connectivity index (χ4n) is 3.09. The first-order chi connectivity index (χ1) is 9.04. The lowest BCUT2D eigenvalue weighted by Gasteiger charge is -2.32. The Hall–Kier alpha value is -0.870. The Morgan fingerprint density at radius 3 is 2.89 bits per heavy atom. The number of carbonyl (C=O) groups is 1. The number of carboxylic acids is 1.